The normalized spacial score (nSPS) is 20.7. The third-order valence-electron chi connectivity index (χ3n) is 4.12. The predicted molar refractivity (Wildman–Crippen MR) is 94.7 cm³/mol. The molecule has 128 valence electrons. The van der Waals surface area contributed by atoms with Gasteiger partial charge in [-0.1, -0.05) is 12.1 Å². The molecule has 1 aromatic heterocycles. The smallest absolute Gasteiger partial charge is 0.265 e. The van der Waals surface area contributed by atoms with E-state index < -0.39 is 6.10 Å². The number of thiophene rings is 1. The second kappa shape index (κ2) is 7.23. The number of rotatable bonds is 5. The van der Waals surface area contributed by atoms with E-state index in [2.05, 4.69) is 21.7 Å². The van der Waals surface area contributed by atoms with E-state index in [1.807, 2.05) is 50.7 Å². The first-order chi connectivity index (χ1) is 11.6. The maximum Gasteiger partial charge on any atom is 0.265 e. The van der Waals surface area contributed by atoms with E-state index in [-0.39, 0.29) is 18.1 Å². The summed E-state index contributed by atoms with van der Waals surface area (Å²) >= 11 is 1.66. The van der Waals surface area contributed by atoms with Gasteiger partial charge in [0.2, 0.25) is 6.10 Å². The van der Waals surface area contributed by atoms with Gasteiger partial charge in [0.25, 0.3) is 5.91 Å². The van der Waals surface area contributed by atoms with Gasteiger partial charge in [0.05, 0.1) is 6.04 Å². The second-order valence-corrected chi connectivity index (χ2v) is 6.87. The van der Waals surface area contributed by atoms with Crippen molar-refractivity contribution in [3.8, 4) is 11.5 Å². The van der Waals surface area contributed by atoms with Gasteiger partial charge in [0.1, 0.15) is 6.10 Å². The first-order valence-corrected chi connectivity index (χ1v) is 8.89. The predicted octanol–water partition coefficient (Wildman–Crippen LogP) is 2.70. The fourth-order valence-corrected chi connectivity index (χ4v) is 3.47. The highest BCUT2D eigenvalue weighted by atomic mass is 32.1. The Hall–Kier alpha value is -2.05. The van der Waals surface area contributed by atoms with Gasteiger partial charge in [0.15, 0.2) is 11.5 Å². The van der Waals surface area contributed by atoms with Crippen LogP contribution in [0.3, 0.4) is 0 Å². The number of hydrogen-bond donors (Lipinski definition) is 1. The molecule has 0 bridgehead atoms. The Kier molecular flexibility index (Phi) is 5.06. The van der Waals surface area contributed by atoms with E-state index in [1.165, 1.54) is 5.56 Å². The van der Waals surface area contributed by atoms with Crippen molar-refractivity contribution in [1.29, 1.82) is 0 Å². The fourth-order valence-electron chi connectivity index (χ4n) is 2.77. The zero-order chi connectivity index (χ0) is 17.1. The molecule has 0 unspecified atom stereocenters. The molecule has 3 rings (SSSR count). The third-order valence-corrected chi connectivity index (χ3v) is 4.82. The summed E-state index contributed by atoms with van der Waals surface area (Å²) in [4.78, 5) is 14.7. The van der Waals surface area contributed by atoms with Crippen LogP contribution in [0.15, 0.2) is 41.1 Å². The lowest BCUT2D eigenvalue weighted by molar-refractivity contribution is -0.133. The van der Waals surface area contributed by atoms with Crippen LogP contribution in [0.1, 0.15) is 18.5 Å². The third kappa shape index (κ3) is 3.55. The second-order valence-electron chi connectivity index (χ2n) is 6.09. The number of carbonyl (C=O) groups is 1. The lowest BCUT2D eigenvalue weighted by Gasteiger charge is -2.32. The molecule has 3 atom stereocenters. The van der Waals surface area contributed by atoms with Gasteiger partial charge in [-0.2, -0.15) is 11.3 Å². The van der Waals surface area contributed by atoms with Crippen LogP contribution in [-0.4, -0.2) is 43.7 Å². The van der Waals surface area contributed by atoms with Crippen LogP contribution in [0.4, 0.5) is 0 Å². The molecule has 0 saturated heterocycles. The van der Waals surface area contributed by atoms with Gasteiger partial charge >= 0.3 is 0 Å². The van der Waals surface area contributed by atoms with Crippen LogP contribution in [0.2, 0.25) is 0 Å². The minimum Gasteiger partial charge on any atom is -0.482 e. The van der Waals surface area contributed by atoms with Gasteiger partial charge < -0.3 is 19.7 Å². The molecule has 0 saturated carbocycles. The standard InChI is InChI=1S/C18H22N2O3S/c1-12-17(23-16-7-5-4-6-15(16)22-12)18(21)19-10-14(20(2)3)13-8-9-24-11-13/h4-9,11-12,14,17H,10H2,1-3H3,(H,19,21)/t12-,14+,17+/m0/s1. The molecular formula is C18H22N2O3S. The summed E-state index contributed by atoms with van der Waals surface area (Å²) < 4.78 is 11.6. The van der Waals surface area contributed by atoms with E-state index in [4.69, 9.17) is 9.47 Å². The molecule has 0 radical (unpaired) electrons. The molecule has 1 amide bonds. The Balaban J connectivity index is 1.64. The molecular weight excluding hydrogens is 324 g/mol. The van der Waals surface area contributed by atoms with Crippen LogP contribution in [0.5, 0.6) is 11.5 Å². The monoisotopic (exact) mass is 346 g/mol. The zero-order valence-corrected chi connectivity index (χ0v) is 14.9. The average Bonchev–Trinajstić information content (AvgIpc) is 3.08. The van der Waals surface area contributed by atoms with E-state index in [9.17, 15) is 4.79 Å². The van der Waals surface area contributed by atoms with Crippen LogP contribution in [0.25, 0.3) is 0 Å². The number of hydrogen-bond acceptors (Lipinski definition) is 5. The summed E-state index contributed by atoms with van der Waals surface area (Å²) in [7, 11) is 4.02. The molecule has 0 fully saturated rings. The average molecular weight is 346 g/mol. The van der Waals surface area contributed by atoms with Crippen molar-refractivity contribution in [3.05, 3.63) is 46.7 Å². The Labute approximate surface area is 146 Å². The summed E-state index contributed by atoms with van der Waals surface area (Å²) in [6.07, 6.45) is -0.982. The van der Waals surface area contributed by atoms with Gasteiger partial charge in [-0.3, -0.25) is 4.79 Å². The number of benzene rings is 1. The fraction of sp³-hybridized carbons (Fsp3) is 0.389. The molecule has 1 N–H and O–H groups in total. The van der Waals surface area contributed by atoms with Crippen molar-refractivity contribution >= 4 is 17.2 Å². The van der Waals surface area contributed by atoms with Gasteiger partial charge in [-0.15, -0.1) is 0 Å². The van der Waals surface area contributed by atoms with Crippen LogP contribution in [0, 0.1) is 0 Å². The number of nitrogens with zero attached hydrogens (tertiary/aromatic N) is 1. The summed E-state index contributed by atoms with van der Waals surface area (Å²) in [6, 6.07) is 9.63. The lowest BCUT2D eigenvalue weighted by Crippen LogP contribution is -2.50. The van der Waals surface area contributed by atoms with Crippen molar-refractivity contribution in [2.45, 2.75) is 25.2 Å². The number of nitrogens with one attached hydrogen (secondary N) is 1. The summed E-state index contributed by atoms with van der Waals surface area (Å²) in [6.45, 7) is 2.37. The van der Waals surface area contributed by atoms with Crippen molar-refractivity contribution in [2.75, 3.05) is 20.6 Å². The lowest BCUT2D eigenvalue weighted by atomic mass is 10.1. The molecule has 0 aliphatic carbocycles. The number of fused-ring (bicyclic) bond motifs is 1. The molecule has 2 aromatic rings. The Morgan fingerprint density at radius 3 is 2.58 bits per heavy atom. The van der Waals surface area contributed by atoms with E-state index in [1.54, 1.807) is 11.3 Å². The van der Waals surface area contributed by atoms with Crippen molar-refractivity contribution < 1.29 is 14.3 Å². The maximum absolute atomic E-state index is 12.6. The molecule has 1 aliphatic rings. The highest BCUT2D eigenvalue weighted by Crippen LogP contribution is 2.33. The van der Waals surface area contributed by atoms with Crippen molar-refractivity contribution in [3.63, 3.8) is 0 Å². The van der Waals surface area contributed by atoms with Crippen molar-refractivity contribution in [1.82, 2.24) is 10.2 Å². The Bertz CT molecular complexity index is 687. The zero-order valence-electron chi connectivity index (χ0n) is 14.1. The number of para-hydroxylation sites is 2. The van der Waals surface area contributed by atoms with E-state index in [0.29, 0.717) is 18.0 Å². The highest BCUT2D eigenvalue weighted by Gasteiger charge is 2.34. The minimum atomic E-state index is -0.648. The number of likely N-dealkylation sites (N-methyl/N-ethyl adjacent to an activating group) is 1. The van der Waals surface area contributed by atoms with E-state index in [0.717, 1.165) is 0 Å². The van der Waals surface area contributed by atoms with Crippen LogP contribution >= 0.6 is 11.3 Å². The molecule has 0 spiro atoms. The highest BCUT2D eigenvalue weighted by molar-refractivity contribution is 7.07. The van der Waals surface area contributed by atoms with Gasteiger partial charge in [0, 0.05) is 6.54 Å². The number of amides is 1. The Morgan fingerprint density at radius 2 is 1.96 bits per heavy atom. The van der Waals surface area contributed by atoms with Crippen molar-refractivity contribution in [2.24, 2.45) is 0 Å². The first kappa shape index (κ1) is 16.8. The topological polar surface area (TPSA) is 50.8 Å². The quantitative estimate of drug-likeness (QED) is 0.904. The van der Waals surface area contributed by atoms with Gasteiger partial charge in [-0.25, -0.2) is 0 Å². The summed E-state index contributed by atoms with van der Waals surface area (Å²) in [5.41, 5.74) is 1.20. The van der Waals surface area contributed by atoms with Crippen LogP contribution in [-0.2, 0) is 4.79 Å². The largest absolute Gasteiger partial charge is 0.482 e. The molecule has 24 heavy (non-hydrogen) atoms. The molecule has 1 aromatic carbocycles. The summed E-state index contributed by atoms with van der Waals surface area (Å²) in [5.74, 6) is 1.13. The SMILES string of the molecule is C[C@@H]1Oc2ccccc2O[C@H]1C(=O)NC[C@H](c1ccsc1)N(C)C. The molecule has 5 nitrogen and oxygen atoms in total. The molecule has 1 aliphatic heterocycles. The van der Waals surface area contributed by atoms with Crippen LogP contribution < -0.4 is 14.8 Å². The number of ether oxygens (including phenoxy) is 2. The molecule has 2 heterocycles. The first-order valence-electron chi connectivity index (χ1n) is 7.95. The Morgan fingerprint density at radius 1 is 1.25 bits per heavy atom. The van der Waals surface area contributed by atoms with Gasteiger partial charge in [-0.05, 0) is 55.5 Å². The number of carbonyl (C=O) groups excluding carboxylic acids is 1. The minimum absolute atomic E-state index is 0.132. The molecule has 6 heteroatoms. The summed E-state index contributed by atoms with van der Waals surface area (Å²) in [5, 5.41) is 7.16. The van der Waals surface area contributed by atoms with E-state index >= 15 is 0 Å². The maximum atomic E-state index is 12.6.